The van der Waals surface area contributed by atoms with Crippen LogP contribution in [0.15, 0.2) is 24.3 Å². The summed E-state index contributed by atoms with van der Waals surface area (Å²) in [6, 6.07) is 5.86. The van der Waals surface area contributed by atoms with Crippen LogP contribution in [0.3, 0.4) is 0 Å². The van der Waals surface area contributed by atoms with Gasteiger partial charge in [0.25, 0.3) is 5.91 Å². The monoisotopic (exact) mass is 309 g/mol. The summed E-state index contributed by atoms with van der Waals surface area (Å²) in [6.45, 7) is 4.47. The van der Waals surface area contributed by atoms with Crippen LogP contribution in [-0.4, -0.2) is 41.6 Å². The average Bonchev–Trinajstić information content (AvgIpc) is 2.48. The van der Waals surface area contributed by atoms with Crippen LogP contribution in [0.1, 0.15) is 30.1 Å². The highest BCUT2D eigenvalue weighted by molar-refractivity contribution is 7.80. The molecule has 1 aromatic carbocycles. The van der Waals surface area contributed by atoms with E-state index in [1.807, 2.05) is 6.92 Å². The van der Waals surface area contributed by atoms with Crippen molar-refractivity contribution in [3.8, 4) is 0 Å². The van der Waals surface area contributed by atoms with Crippen LogP contribution in [0.25, 0.3) is 0 Å². The molecule has 0 aliphatic carbocycles. The molecule has 4 nitrogen and oxygen atoms in total. The minimum atomic E-state index is -0.395. The topological polar surface area (TPSA) is 44.4 Å². The molecule has 0 spiro atoms. The Morgan fingerprint density at radius 3 is 2.76 bits per heavy atom. The fourth-order valence-electron chi connectivity index (χ4n) is 2.39. The zero-order valence-electron chi connectivity index (χ0n) is 12.1. The number of rotatable bonds is 3. The SMILES string of the molecule is CCNC(=S)N1CCC(NC(=O)c2cccc(F)c2)CC1. The molecule has 1 amide bonds. The molecule has 1 saturated heterocycles. The Morgan fingerprint density at radius 1 is 1.43 bits per heavy atom. The summed E-state index contributed by atoms with van der Waals surface area (Å²) >= 11 is 5.28. The van der Waals surface area contributed by atoms with Gasteiger partial charge in [-0.15, -0.1) is 0 Å². The van der Waals surface area contributed by atoms with Crippen molar-refractivity contribution in [2.24, 2.45) is 0 Å². The van der Waals surface area contributed by atoms with Crippen molar-refractivity contribution in [1.29, 1.82) is 0 Å². The molecule has 1 aromatic rings. The largest absolute Gasteiger partial charge is 0.363 e. The zero-order valence-corrected chi connectivity index (χ0v) is 12.9. The molecular weight excluding hydrogens is 289 g/mol. The number of carbonyl (C=O) groups is 1. The minimum Gasteiger partial charge on any atom is -0.363 e. The number of thiocarbonyl (C=S) groups is 1. The summed E-state index contributed by atoms with van der Waals surface area (Å²) < 4.78 is 13.1. The lowest BCUT2D eigenvalue weighted by atomic mass is 10.0. The van der Waals surface area contributed by atoms with Gasteiger partial charge in [-0.2, -0.15) is 0 Å². The molecule has 0 saturated carbocycles. The van der Waals surface area contributed by atoms with E-state index in [-0.39, 0.29) is 11.9 Å². The predicted octanol–water partition coefficient (Wildman–Crippen LogP) is 1.91. The van der Waals surface area contributed by atoms with E-state index >= 15 is 0 Å². The number of carbonyl (C=O) groups excluding carboxylic acids is 1. The number of amides is 1. The van der Waals surface area contributed by atoms with E-state index < -0.39 is 5.82 Å². The van der Waals surface area contributed by atoms with Crippen molar-refractivity contribution >= 4 is 23.2 Å². The molecule has 0 aromatic heterocycles. The first-order valence-corrected chi connectivity index (χ1v) is 7.60. The highest BCUT2D eigenvalue weighted by Crippen LogP contribution is 2.12. The first-order valence-electron chi connectivity index (χ1n) is 7.19. The third-order valence-corrected chi connectivity index (χ3v) is 3.93. The Hall–Kier alpha value is -1.69. The predicted molar refractivity (Wildman–Crippen MR) is 84.7 cm³/mol. The van der Waals surface area contributed by atoms with Gasteiger partial charge < -0.3 is 15.5 Å². The molecule has 0 atom stereocenters. The highest BCUT2D eigenvalue weighted by Gasteiger charge is 2.22. The number of nitrogens with zero attached hydrogens (tertiary/aromatic N) is 1. The van der Waals surface area contributed by atoms with Gasteiger partial charge in [0.15, 0.2) is 5.11 Å². The first kappa shape index (κ1) is 15.7. The van der Waals surface area contributed by atoms with Gasteiger partial charge in [-0.05, 0) is 50.2 Å². The van der Waals surface area contributed by atoms with Gasteiger partial charge in [0, 0.05) is 31.2 Å². The standard InChI is InChI=1S/C15H20FN3OS/c1-2-17-15(21)19-8-6-13(7-9-19)18-14(20)11-4-3-5-12(16)10-11/h3-5,10,13H,2,6-9H2,1H3,(H,17,21)(H,18,20). The van der Waals surface area contributed by atoms with Crippen molar-refractivity contribution in [1.82, 2.24) is 15.5 Å². The van der Waals surface area contributed by atoms with E-state index in [2.05, 4.69) is 15.5 Å². The quantitative estimate of drug-likeness (QED) is 0.837. The van der Waals surface area contributed by atoms with Gasteiger partial charge in [-0.1, -0.05) is 6.07 Å². The smallest absolute Gasteiger partial charge is 0.251 e. The van der Waals surface area contributed by atoms with E-state index in [1.165, 1.54) is 12.1 Å². The molecule has 1 aliphatic heterocycles. The minimum absolute atomic E-state index is 0.112. The number of hydrogen-bond acceptors (Lipinski definition) is 2. The molecule has 1 fully saturated rings. The molecule has 0 radical (unpaired) electrons. The molecule has 0 unspecified atom stereocenters. The van der Waals surface area contributed by atoms with Crippen LogP contribution >= 0.6 is 12.2 Å². The van der Waals surface area contributed by atoms with Crippen LogP contribution in [0.4, 0.5) is 4.39 Å². The van der Waals surface area contributed by atoms with Gasteiger partial charge in [0.05, 0.1) is 0 Å². The van der Waals surface area contributed by atoms with Crippen molar-refractivity contribution in [2.45, 2.75) is 25.8 Å². The van der Waals surface area contributed by atoms with Gasteiger partial charge in [-0.25, -0.2) is 4.39 Å². The molecule has 2 rings (SSSR count). The molecule has 2 N–H and O–H groups in total. The van der Waals surface area contributed by atoms with Crippen LogP contribution in [0, 0.1) is 5.82 Å². The van der Waals surface area contributed by atoms with E-state index in [4.69, 9.17) is 12.2 Å². The summed E-state index contributed by atoms with van der Waals surface area (Å²) in [5, 5.41) is 6.86. The summed E-state index contributed by atoms with van der Waals surface area (Å²) in [7, 11) is 0. The number of likely N-dealkylation sites (tertiary alicyclic amines) is 1. The molecule has 114 valence electrons. The lowest BCUT2D eigenvalue weighted by Gasteiger charge is -2.34. The number of benzene rings is 1. The lowest BCUT2D eigenvalue weighted by Crippen LogP contribution is -2.49. The third-order valence-electron chi connectivity index (χ3n) is 3.53. The summed E-state index contributed by atoms with van der Waals surface area (Å²) in [4.78, 5) is 14.2. The molecule has 1 aliphatic rings. The van der Waals surface area contributed by atoms with Crippen molar-refractivity contribution in [3.05, 3.63) is 35.6 Å². The second-order valence-electron chi connectivity index (χ2n) is 5.08. The van der Waals surface area contributed by atoms with E-state index in [1.54, 1.807) is 12.1 Å². The Balaban J connectivity index is 1.83. The van der Waals surface area contributed by atoms with E-state index in [0.29, 0.717) is 5.56 Å². The Labute approximate surface area is 129 Å². The normalized spacial score (nSPS) is 15.6. The summed E-state index contributed by atoms with van der Waals surface area (Å²) in [6.07, 6.45) is 1.68. The molecular formula is C15H20FN3OS. The Morgan fingerprint density at radius 2 is 2.14 bits per heavy atom. The van der Waals surface area contributed by atoms with E-state index in [0.717, 1.165) is 37.6 Å². The number of piperidine rings is 1. The van der Waals surface area contributed by atoms with Crippen LogP contribution < -0.4 is 10.6 Å². The second-order valence-corrected chi connectivity index (χ2v) is 5.47. The maximum absolute atomic E-state index is 13.1. The van der Waals surface area contributed by atoms with Gasteiger partial charge in [0.1, 0.15) is 5.82 Å². The van der Waals surface area contributed by atoms with Gasteiger partial charge in [-0.3, -0.25) is 4.79 Å². The van der Waals surface area contributed by atoms with Crippen LogP contribution in [-0.2, 0) is 0 Å². The maximum Gasteiger partial charge on any atom is 0.251 e. The Bertz CT molecular complexity index is 515. The average molecular weight is 309 g/mol. The highest BCUT2D eigenvalue weighted by atomic mass is 32.1. The Kier molecular flexibility index (Phi) is 5.50. The first-order chi connectivity index (χ1) is 10.1. The van der Waals surface area contributed by atoms with Crippen molar-refractivity contribution in [3.63, 3.8) is 0 Å². The number of hydrogen-bond donors (Lipinski definition) is 2. The van der Waals surface area contributed by atoms with E-state index in [9.17, 15) is 9.18 Å². The molecule has 1 heterocycles. The van der Waals surface area contributed by atoms with Crippen LogP contribution in [0.5, 0.6) is 0 Å². The lowest BCUT2D eigenvalue weighted by molar-refractivity contribution is 0.0922. The number of halogens is 1. The molecule has 21 heavy (non-hydrogen) atoms. The summed E-state index contributed by atoms with van der Waals surface area (Å²) in [5.74, 6) is -0.615. The fraction of sp³-hybridized carbons (Fsp3) is 0.467. The summed E-state index contributed by atoms with van der Waals surface area (Å²) in [5.41, 5.74) is 0.362. The fourth-order valence-corrected chi connectivity index (χ4v) is 2.72. The van der Waals surface area contributed by atoms with Crippen LogP contribution in [0.2, 0.25) is 0 Å². The molecule has 6 heteroatoms. The van der Waals surface area contributed by atoms with Crippen molar-refractivity contribution < 1.29 is 9.18 Å². The van der Waals surface area contributed by atoms with Gasteiger partial charge in [0.2, 0.25) is 0 Å². The zero-order chi connectivity index (χ0) is 15.2. The van der Waals surface area contributed by atoms with Gasteiger partial charge >= 0.3 is 0 Å². The second kappa shape index (κ2) is 7.36. The number of nitrogens with one attached hydrogen (secondary N) is 2. The van der Waals surface area contributed by atoms with Crippen molar-refractivity contribution in [2.75, 3.05) is 19.6 Å². The third kappa shape index (κ3) is 4.39. The maximum atomic E-state index is 13.1. The molecule has 0 bridgehead atoms.